The molecule has 0 aliphatic carbocycles. The van der Waals surface area contributed by atoms with Crippen LogP contribution in [0.4, 0.5) is 0 Å². The van der Waals surface area contributed by atoms with Gasteiger partial charge in [-0.25, -0.2) is 0 Å². The minimum absolute atomic E-state index is 0.142. The van der Waals surface area contributed by atoms with Crippen LogP contribution in [0, 0.1) is 5.92 Å². The molecule has 25 heavy (non-hydrogen) atoms. The largest absolute Gasteiger partial charge is 0.354 e. The van der Waals surface area contributed by atoms with Crippen molar-refractivity contribution in [1.82, 2.24) is 15.5 Å². The van der Waals surface area contributed by atoms with Gasteiger partial charge in [0, 0.05) is 38.0 Å². The predicted molar refractivity (Wildman–Crippen MR) is 95.7 cm³/mol. The zero-order valence-corrected chi connectivity index (χ0v) is 14.7. The molecule has 0 radical (unpaired) electrons. The summed E-state index contributed by atoms with van der Waals surface area (Å²) in [5.74, 6) is 0.555. The number of likely N-dealkylation sites (tertiary alicyclic amines) is 1. The van der Waals surface area contributed by atoms with Gasteiger partial charge in [0.1, 0.15) is 0 Å². The Kier molecular flexibility index (Phi) is 4.50. The second-order valence-electron chi connectivity index (χ2n) is 7.89. The zero-order chi connectivity index (χ0) is 17.3. The average molecular weight is 341 g/mol. The van der Waals surface area contributed by atoms with Gasteiger partial charge >= 0.3 is 0 Å². The first-order chi connectivity index (χ1) is 12.1. The number of amides is 2. The van der Waals surface area contributed by atoms with Crippen molar-refractivity contribution in [2.75, 3.05) is 13.1 Å². The summed E-state index contributed by atoms with van der Waals surface area (Å²) in [5.41, 5.74) is 0.817. The lowest BCUT2D eigenvalue weighted by Crippen LogP contribution is -2.57. The highest BCUT2D eigenvalue weighted by Crippen LogP contribution is 2.35. The number of piperidine rings is 1. The first-order valence-corrected chi connectivity index (χ1v) is 9.52. The van der Waals surface area contributed by atoms with Gasteiger partial charge in [-0.3, -0.25) is 9.59 Å². The van der Waals surface area contributed by atoms with E-state index in [9.17, 15) is 9.59 Å². The lowest BCUT2D eigenvalue weighted by Gasteiger charge is -2.33. The molecule has 5 heteroatoms. The van der Waals surface area contributed by atoms with Crippen LogP contribution in [0.1, 0.15) is 44.1 Å². The van der Waals surface area contributed by atoms with Crippen molar-refractivity contribution in [1.29, 1.82) is 0 Å². The smallest absolute Gasteiger partial charge is 0.240 e. The molecule has 134 valence electrons. The van der Waals surface area contributed by atoms with Crippen LogP contribution in [-0.2, 0) is 16.1 Å². The third-order valence-corrected chi connectivity index (χ3v) is 6.05. The first kappa shape index (κ1) is 16.6. The summed E-state index contributed by atoms with van der Waals surface area (Å²) in [6.45, 7) is 2.00. The Morgan fingerprint density at radius 1 is 1.24 bits per heavy atom. The standard InChI is InChI=1S/C20H27N3O2/c24-18-11-16(14-23(18)13-15-5-2-1-3-6-15)12-21-19(25)20-9-4-7-17(22-20)8-10-20/h1-3,5-6,16-17,22H,4,7-14H2,(H,21,25). The quantitative estimate of drug-likeness (QED) is 0.859. The normalized spacial score (nSPS) is 31.4. The van der Waals surface area contributed by atoms with Crippen LogP contribution in [0.5, 0.6) is 0 Å². The fourth-order valence-electron chi connectivity index (χ4n) is 4.67. The summed E-state index contributed by atoms with van der Waals surface area (Å²) >= 11 is 0. The van der Waals surface area contributed by atoms with E-state index in [1.807, 2.05) is 35.2 Å². The van der Waals surface area contributed by atoms with Crippen molar-refractivity contribution in [3.63, 3.8) is 0 Å². The second kappa shape index (κ2) is 6.79. The van der Waals surface area contributed by atoms with Crippen molar-refractivity contribution in [2.45, 2.75) is 56.7 Å². The van der Waals surface area contributed by atoms with E-state index in [1.165, 1.54) is 6.42 Å². The van der Waals surface area contributed by atoms with Crippen molar-refractivity contribution < 1.29 is 9.59 Å². The topological polar surface area (TPSA) is 61.4 Å². The fourth-order valence-corrected chi connectivity index (χ4v) is 4.67. The first-order valence-electron chi connectivity index (χ1n) is 9.52. The van der Waals surface area contributed by atoms with Gasteiger partial charge in [-0.15, -0.1) is 0 Å². The Hall–Kier alpha value is -1.88. The molecule has 2 amide bonds. The van der Waals surface area contributed by atoms with Gasteiger partial charge in [0.05, 0.1) is 5.54 Å². The maximum absolute atomic E-state index is 12.7. The summed E-state index contributed by atoms with van der Waals surface area (Å²) in [4.78, 5) is 26.9. The molecule has 3 aliphatic heterocycles. The molecule has 2 bridgehead atoms. The molecule has 1 aromatic rings. The van der Waals surface area contributed by atoms with Crippen molar-refractivity contribution in [3.8, 4) is 0 Å². The molecule has 1 aromatic carbocycles. The Morgan fingerprint density at radius 2 is 2.08 bits per heavy atom. The summed E-state index contributed by atoms with van der Waals surface area (Å²) in [6, 6.07) is 10.6. The van der Waals surface area contributed by atoms with Gasteiger partial charge in [-0.2, -0.15) is 0 Å². The number of hydrogen-bond acceptors (Lipinski definition) is 3. The van der Waals surface area contributed by atoms with Gasteiger partial charge < -0.3 is 15.5 Å². The van der Waals surface area contributed by atoms with E-state index in [2.05, 4.69) is 10.6 Å². The molecule has 3 heterocycles. The van der Waals surface area contributed by atoms with Crippen LogP contribution in [0.25, 0.3) is 0 Å². The molecule has 0 aromatic heterocycles. The molecular formula is C20H27N3O2. The van der Waals surface area contributed by atoms with Crippen LogP contribution < -0.4 is 10.6 Å². The fraction of sp³-hybridized carbons (Fsp3) is 0.600. The third kappa shape index (κ3) is 3.43. The lowest BCUT2D eigenvalue weighted by atomic mass is 9.89. The van der Waals surface area contributed by atoms with Crippen molar-refractivity contribution in [2.24, 2.45) is 5.92 Å². The number of benzene rings is 1. The SMILES string of the molecule is O=C1CC(CNC(=O)C23CCCC(CC2)N3)CN1Cc1ccccc1. The van der Waals surface area contributed by atoms with Gasteiger partial charge in [0.2, 0.25) is 11.8 Å². The van der Waals surface area contributed by atoms with Crippen LogP contribution in [0.3, 0.4) is 0 Å². The van der Waals surface area contributed by atoms with Crippen LogP contribution in [0.15, 0.2) is 30.3 Å². The van der Waals surface area contributed by atoms with E-state index in [0.717, 1.165) is 37.8 Å². The Morgan fingerprint density at radius 3 is 2.92 bits per heavy atom. The summed E-state index contributed by atoms with van der Waals surface area (Å²) in [7, 11) is 0. The number of fused-ring (bicyclic) bond motifs is 2. The molecule has 2 N–H and O–H groups in total. The molecule has 3 saturated heterocycles. The Balaban J connectivity index is 1.29. The van der Waals surface area contributed by atoms with Gasteiger partial charge in [0.25, 0.3) is 0 Å². The zero-order valence-electron chi connectivity index (χ0n) is 14.7. The molecule has 4 rings (SSSR count). The van der Waals surface area contributed by atoms with Crippen molar-refractivity contribution >= 4 is 11.8 Å². The molecule has 3 unspecified atom stereocenters. The number of nitrogens with zero attached hydrogens (tertiary/aromatic N) is 1. The highest BCUT2D eigenvalue weighted by Gasteiger charge is 2.47. The molecular weight excluding hydrogens is 314 g/mol. The summed E-state index contributed by atoms with van der Waals surface area (Å²) in [5, 5.41) is 6.68. The monoisotopic (exact) mass is 341 g/mol. The molecule has 5 nitrogen and oxygen atoms in total. The van der Waals surface area contributed by atoms with E-state index in [-0.39, 0.29) is 23.3 Å². The second-order valence-corrected chi connectivity index (χ2v) is 7.89. The highest BCUT2D eigenvalue weighted by molar-refractivity contribution is 5.87. The van der Waals surface area contributed by atoms with Gasteiger partial charge in [0.15, 0.2) is 0 Å². The molecule has 0 spiro atoms. The number of nitrogens with one attached hydrogen (secondary N) is 2. The number of hydrogen-bond donors (Lipinski definition) is 2. The van der Waals surface area contributed by atoms with Gasteiger partial charge in [-0.05, 0) is 37.7 Å². The van der Waals surface area contributed by atoms with Crippen molar-refractivity contribution in [3.05, 3.63) is 35.9 Å². The minimum atomic E-state index is -0.338. The van der Waals surface area contributed by atoms with Gasteiger partial charge in [-0.1, -0.05) is 30.3 Å². The molecule has 3 atom stereocenters. The highest BCUT2D eigenvalue weighted by atomic mass is 16.2. The minimum Gasteiger partial charge on any atom is -0.354 e. The Bertz CT molecular complexity index is 644. The predicted octanol–water partition coefficient (Wildman–Crippen LogP) is 1.83. The van der Waals surface area contributed by atoms with E-state index in [4.69, 9.17) is 0 Å². The van der Waals surface area contributed by atoms with Crippen LogP contribution in [0.2, 0.25) is 0 Å². The van der Waals surface area contributed by atoms with E-state index >= 15 is 0 Å². The number of carbonyl (C=O) groups excluding carboxylic acids is 2. The number of rotatable bonds is 5. The maximum atomic E-state index is 12.7. The van der Waals surface area contributed by atoms with Crippen LogP contribution >= 0.6 is 0 Å². The third-order valence-electron chi connectivity index (χ3n) is 6.05. The summed E-state index contributed by atoms with van der Waals surface area (Å²) in [6.07, 6.45) is 5.88. The van der Waals surface area contributed by atoms with Crippen LogP contribution in [-0.4, -0.2) is 41.4 Å². The molecule has 0 saturated carbocycles. The maximum Gasteiger partial charge on any atom is 0.240 e. The van der Waals surface area contributed by atoms with E-state index in [0.29, 0.717) is 25.6 Å². The van der Waals surface area contributed by atoms with E-state index in [1.54, 1.807) is 0 Å². The average Bonchev–Trinajstić information content (AvgIpc) is 3.13. The summed E-state index contributed by atoms with van der Waals surface area (Å²) < 4.78 is 0. The Labute approximate surface area is 149 Å². The van der Waals surface area contributed by atoms with E-state index < -0.39 is 0 Å². The molecule has 3 fully saturated rings. The lowest BCUT2D eigenvalue weighted by molar-refractivity contribution is -0.129. The molecule has 3 aliphatic rings. The number of carbonyl (C=O) groups is 2.